The lowest BCUT2D eigenvalue weighted by molar-refractivity contribution is -0.119. The predicted molar refractivity (Wildman–Crippen MR) is 115 cm³/mol. The number of nitrogens with zero attached hydrogens (tertiary/aromatic N) is 1. The van der Waals surface area contributed by atoms with Crippen LogP contribution in [0.1, 0.15) is 64.7 Å². The molecule has 0 atom stereocenters. The fourth-order valence-electron chi connectivity index (χ4n) is 4.26. The van der Waals surface area contributed by atoms with Crippen molar-refractivity contribution in [1.82, 2.24) is 9.88 Å². The molecule has 2 amide bonds. The molecule has 2 aromatic rings. The summed E-state index contributed by atoms with van der Waals surface area (Å²) >= 11 is 0. The molecule has 7 nitrogen and oxygen atoms in total. The molecule has 178 valence electrons. The first-order chi connectivity index (χ1) is 15.3. The van der Waals surface area contributed by atoms with Crippen LogP contribution in [0.5, 0.6) is 0 Å². The Kier molecular flexibility index (Phi) is 6.69. The Morgan fingerprint density at radius 2 is 1.64 bits per heavy atom. The van der Waals surface area contributed by atoms with E-state index in [0.29, 0.717) is 43.5 Å². The molecule has 1 fully saturated rings. The van der Waals surface area contributed by atoms with E-state index in [1.165, 1.54) is 18.5 Å². The van der Waals surface area contributed by atoms with Gasteiger partial charge in [-0.05, 0) is 52.0 Å². The number of halogens is 3. The van der Waals surface area contributed by atoms with Gasteiger partial charge in [-0.1, -0.05) is 0 Å². The normalized spacial score (nSPS) is 20.4. The molecule has 10 heteroatoms. The van der Waals surface area contributed by atoms with Gasteiger partial charge in [0.05, 0.1) is 17.4 Å². The molecule has 1 aliphatic rings. The molecule has 1 saturated carbocycles. The topological polar surface area (TPSA) is 100 Å². The number of anilines is 1. The number of Topliss-reactive ketones (excluding diaryl/α,β-unsaturated/α-hetero) is 1. The zero-order valence-electron chi connectivity index (χ0n) is 18.8. The summed E-state index contributed by atoms with van der Waals surface area (Å²) in [5, 5.41) is 14.7. The number of rotatable bonds is 5. The molecule has 3 N–H and O–H groups in total. The fourth-order valence-corrected chi connectivity index (χ4v) is 4.26. The maximum Gasteiger partial charge on any atom is 0.294 e. The molecule has 33 heavy (non-hydrogen) atoms. The summed E-state index contributed by atoms with van der Waals surface area (Å²) in [6.45, 7) is 4.87. The van der Waals surface area contributed by atoms with E-state index in [4.69, 9.17) is 0 Å². The third-order valence-corrected chi connectivity index (χ3v) is 6.29. The molecular formula is C23H26F3N3O4. The van der Waals surface area contributed by atoms with Crippen molar-refractivity contribution in [1.29, 1.82) is 0 Å². The van der Waals surface area contributed by atoms with Gasteiger partial charge in [0.2, 0.25) is 0 Å². The van der Waals surface area contributed by atoms with Crippen molar-refractivity contribution in [2.24, 2.45) is 7.05 Å². The highest BCUT2D eigenvalue weighted by Gasteiger charge is 2.35. The number of hydrogen-bond acceptors (Lipinski definition) is 4. The van der Waals surface area contributed by atoms with E-state index in [1.54, 1.807) is 6.92 Å². The van der Waals surface area contributed by atoms with Crippen LogP contribution in [-0.2, 0) is 11.8 Å². The molecule has 0 saturated heterocycles. The van der Waals surface area contributed by atoms with Crippen LogP contribution >= 0.6 is 0 Å². The summed E-state index contributed by atoms with van der Waals surface area (Å²) in [6, 6.07) is 1.29. The minimum atomic E-state index is -1.65. The molecule has 0 unspecified atom stereocenters. The molecule has 3 rings (SSSR count). The number of aromatic nitrogens is 1. The quantitative estimate of drug-likeness (QED) is 0.358. The average Bonchev–Trinajstić information content (AvgIpc) is 2.96. The Balaban J connectivity index is 1.85. The van der Waals surface area contributed by atoms with Gasteiger partial charge in [0.1, 0.15) is 0 Å². The molecule has 1 aliphatic carbocycles. The van der Waals surface area contributed by atoms with Crippen molar-refractivity contribution < 1.29 is 32.7 Å². The Bertz CT molecular complexity index is 1110. The third kappa shape index (κ3) is 4.80. The third-order valence-electron chi connectivity index (χ3n) is 6.29. The first-order valence-electron chi connectivity index (χ1n) is 10.5. The van der Waals surface area contributed by atoms with Crippen LogP contribution in [0.15, 0.2) is 12.1 Å². The van der Waals surface area contributed by atoms with Crippen LogP contribution in [0.4, 0.5) is 18.9 Å². The van der Waals surface area contributed by atoms with E-state index in [2.05, 4.69) is 10.6 Å². The predicted octanol–water partition coefficient (Wildman–Crippen LogP) is 3.30. The van der Waals surface area contributed by atoms with Gasteiger partial charge in [-0.3, -0.25) is 14.4 Å². The van der Waals surface area contributed by atoms with E-state index < -0.39 is 46.7 Å². The number of amides is 2. The SMILES string of the molecule is Cc1c(C(=O)Nc2cc(F)c(F)c(F)c2)c(C)n(C)c1C(=O)C(=O)NC1(C)CCC(O)CC1. The smallest absolute Gasteiger partial charge is 0.294 e. The highest BCUT2D eigenvalue weighted by atomic mass is 19.2. The summed E-state index contributed by atoms with van der Waals surface area (Å²) in [7, 11) is 1.52. The first kappa shape index (κ1) is 24.5. The summed E-state index contributed by atoms with van der Waals surface area (Å²) in [6.07, 6.45) is 1.66. The molecule has 1 aromatic carbocycles. The fraction of sp³-hybridized carbons (Fsp3) is 0.435. The Labute approximate surface area is 189 Å². The highest BCUT2D eigenvalue weighted by molar-refractivity contribution is 6.43. The van der Waals surface area contributed by atoms with Gasteiger partial charge >= 0.3 is 0 Å². The van der Waals surface area contributed by atoms with Gasteiger partial charge in [-0.15, -0.1) is 0 Å². The van der Waals surface area contributed by atoms with Gasteiger partial charge in [0.25, 0.3) is 17.6 Å². The van der Waals surface area contributed by atoms with Crippen LogP contribution in [0.2, 0.25) is 0 Å². The van der Waals surface area contributed by atoms with Crippen LogP contribution in [0.25, 0.3) is 0 Å². The number of carbonyl (C=O) groups is 3. The second kappa shape index (κ2) is 9.01. The molecule has 0 bridgehead atoms. The van der Waals surface area contributed by atoms with Crippen molar-refractivity contribution >= 4 is 23.3 Å². The zero-order valence-corrected chi connectivity index (χ0v) is 18.8. The van der Waals surface area contributed by atoms with Crippen LogP contribution in [-0.4, -0.2) is 38.9 Å². The number of aliphatic hydroxyl groups is 1. The van der Waals surface area contributed by atoms with Crippen molar-refractivity contribution in [3.8, 4) is 0 Å². The Hall–Kier alpha value is -3.14. The van der Waals surface area contributed by atoms with Gasteiger partial charge in [-0.2, -0.15) is 0 Å². The van der Waals surface area contributed by atoms with Gasteiger partial charge < -0.3 is 20.3 Å². The average molecular weight is 465 g/mol. The Morgan fingerprint density at radius 1 is 1.09 bits per heavy atom. The van der Waals surface area contributed by atoms with Gasteiger partial charge in [0.15, 0.2) is 17.5 Å². The number of ketones is 1. The number of hydrogen-bond donors (Lipinski definition) is 3. The maximum absolute atomic E-state index is 13.5. The molecular weight excluding hydrogens is 439 g/mol. The van der Waals surface area contributed by atoms with Crippen molar-refractivity contribution in [2.75, 3.05) is 5.32 Å². The zero-order chi connectivity index (χ0) is 24.7. The Morgan fingerprint density at radius 3 is 2.18 bits per heavy atom. The van der Waals surface area contributed by atoms with E-state index in [1.807, 2.05) is 6.92 Å². The standard InChI is InChI=1S/C23H26F3N3O4/c1-11-17(21(32)27-13-9-15(24)18(26)16(25)10-13)12(2)29(4)19(11)20(31)22(33)28-23(3)7-5-14(30)6-8-23/h9-10,14,30H,5-8H2,1-4H3,(H,27,32)(H,28,33). The van der Waals surface area contributed by atoms with Gasteiger partial charge in [0, 0.05) is 36.1 Å². The van der Waals surface area contributed by atoms with Crippen LogP contribution in [0, 0.1) is 31.3 Å². The lowest BCUT2D eigenvalue weighted by atomic mass is 9.82. The second-order valence-corrected chi connectivity index (χ2v) is 8.78. The lowest BCUT2D eigenvalue weighted by Crippen LogP contribution is -2.51. The molecule has 1 heterocycles. The van der Waals surface area contributed by atoms with E-state index in [0.717, 1.165) is 0 Å². The largest absolute Gasteiger partial charge is 0.393 e. The van der Waals surface area contributed by atoms with Crippen LogP contribution in [0.3, 0.4) is 0 Å². The minimum Gasteiger partial charge on any atom is -0.393 e. The van der Waals surface area contributed by atoms with Crippen molar-refractivity contribution in [3.63, 3.8) is 0 Å². The molecule has 0 radical (unpaired) electrons. The lowest BCUT2D eigenvalue weighted by Gasteiger charge is -2.36. The van der Waals surface area contributed by atoms with E-state index in [9.17, 15) is 32.7 Å². The molecule has 1 aromatic heterocycles. The van der Waals surface area contributed by atoms with E-state index >= 15 is 0 Å². The number of carbonyl (C=O) groups excluding carboxylic acids is 3. The van der Waals surface area contributed by atoms with E-state index in [-0.39, 0.29) is 22.5 Å². The van der Waals surface area contributed by atoms with Crippen molar-refractivity contribution in [3.05, 3.63) is 52.1 Å². The number of benzene rings is 1. The first-order valence-corrected chi connectivity index (χ1v) is 10.5. The highest BCUT2D eigenvalue weighted by Crippen LogP contribution is 2.29. The second-order valence-electron chi connectivity index (χ2n) is 8.78. The van der Waals surface area contributed by atoms with Gasteiger partial charge in [-0.25, -0.2) is 13.2 Å². The molecule has 0 aliphatic heterocycles. The molecule has 0 spiro atoms. The number of aliphatic hydroxyl groups excluding tert-OH is 1. The summed E-state index contributed by atoms with van der Waals surface area (Å²) in [4.78, 5) is 38.5. The summed E-state index contributed by atoms with van der Waals surface area (Å²) in [5.74, 6) is -6.99. The number of nitrogens with one attached hydrogen (secondary N) is 2. The monoisotopic (exact) mass is 465 g/mol. The minimum absolute atomic E-state index is 0.00561. The summed E-state index contributed by atoms with van der Waals surface area (Å²) in [5.41, 5.74) is -0.276. The maximum atomic E-state index is 13.5. The van der Waals surface area contributed by atoms with Crippen LogP contribution < -0.4 is 10.6 Å². The summed E-state index contributed by atoms with van der Waals surface area (Å²) < 4.78 is 41.6. The van der Waals surface area contributed by atoms with Crippen molar-refractivity contribution in [2.45, 2.75) is 58.1 Å².